The van der Waals surface area contributed by atoms with E-state index in [1.165, 1.54) is 22.4 Å². The van der Waals surface area contributed by atoms with Crippen LogP contribution in [0.15, 0.2) is 60.8 Å². The third kappa shape index (κ3) is 9.67. The second-order valence-electron chi connectivity index (χ2n) is 9.63. The lowest BCUT2D eigenvalue weighted by Crippen LogP contribution is -2.21. The van der Waals surface area contributed by atoms with Crippen LogP contribution in [0.5, 0.6) is 0 Å². The number of hydrogen-bond donors (Lipinski definition) is 3. The number of carboxylic acid groups (broad SMARTS) is 2. The van der Waals surface area contributed by atoms with E-state index in [0.717, 1.165) is 38.2 Å². The zero-order valence-corrected chi connectivity index (χ0v) is 22.2. The molecule has 5 rings (SSSR count). The van der Waals surface area contributed by atoms with Gasteiger partial charge in [-0.05, 0) is 41.2 Å². The minimum absolute atomic E-state index is 0.476. The van der Waals surface area contributed by atoms with E-state index in [2.05, 4.69) is 39.5 Å². The van der Waals surface area contributed by atoms with Gasteiger partial charge in [-0.25, -0.2) is 19.6 Å². The number of hydrogen-bond acceptors (Lipinski definition) is 7. The lowest BCUT2D eigenvalue weighted by Gasteiger charge is -2.17. The zero-order valence-electron chi connectivity index (χ0n) is 22.2. The maximum atomic E-state index is 10.6. The molecule has 1 aromatic heterocycles. The molecule has 0 bridgehead atoms. The molecule has 15 heteroatoms. The first-order valence-corrected chi connectivity index (χ1v) is 12.6. The van der Waals surface area contributed by atoms with Gasteiger partial charge in [0, 0.05) is 38.3 Å². The summed E-state index contributed by atoms with van der Waals surface area (Å²) < 4.78 is 63.5. The number of alkyl halides is 6. The first-order chi connectivity index (χ1) is 20.2. The molecule has 3 N–H and O–H groups in total. The van der Waals surface area contributed by atoms with Crippen molar-refractivity contribution in [3.8, 4) is 6.07 Å². The van der Waals surface area contributed by atoms with Crippen LogP contribution in [-0.2, 0) is 29.1 Å². The van der Waals surface area contributed by atoms with Gasteiger partial charge in [0.1, 0.15) is 0 Å². The van der Waals surface area contributed by atoms with E-state index in [4.69, 9.17) is 30.0 Å². The predicted molar refractivity (Wildman–Crippen MR) is 140 cm³/mol. The lowest BCUT2D eigenvalue weighted by molar-refractivity contribution is -0.193. The minimum Gasteiger partial charge on any atom is -0.475 e. The van der Waals surface area contributed by atoms with Crippen molar-refractivity contribution in [3.63, 3.8) is 0 Å². The highest BCUT2D eigenvalue weighted by atomic mass is 19.4. The molecule has 1 saturated heterocycles. The number of carbonyl (C=O) groups is 2. The molecule has 0 amide bonds. The molecule has 2 aromatic carbocycles. The molecule has 1 fully saturated rings. The summed E-state index contributed by atoms with van der Waals surface area (Å²) in [5, 5.41) is 26.7. The highest BCUT2D eigenvalue weighted by molar-refractivity contribution is 5.73. The minimum atomic E-state index is -5.08. The number of carboxylic acids is 2. The van der Waals surface area contributed by atoms with E-state index >= 15 is 0 Å². The number of benzene rings is 2. The molecule has 3 aromatic rings. The fraction of sp³-hybridized carbons (Fsp3) is 0.321. The zero-order chi connectivity index (χ0) is 31.8. The summed E-state index contributed by atoms with van der Waals surface area (Å²) in [4.78, 5) is 29.7. The average molecular weight is 610 g/mol. The van der Waals surface area contributed by atoms with Crippen molar-refractivity contribution in [3.05, 3.63) is 88.7 Å². The van der Waals surface area contributed by atoms with Gasteiger partial charge in [-0.2, -0.15) is 31.6 Å². The third-order valence-corrected chi connectivity index (χ3v) is 6.49. The molecule has 0 radical (unpaired) electrons. The van der Waals surface area contributed by atoms with Crippen LogP contribution in [0.25, 0.3) is 0 Å². The lowest BCUT2D eigenvalue weighted by atomic mass is 9.99. The summed E-state index contributed by atoms with van der Waals surface area (Å²) in [7, 11) is 0. The van der Waals surface area contributed by atoms with Crippen molar-refractivity contribution in [2.75, 3.05) is 18.4 Å². The summed E-state index contributed by atoms with van der Waals surface area (Å²) in [6.45, 7) is 3.71. The molecule has 2 aliphatic rings. The standard InChI is InChI=1S/C24H23N5.2C2HF3O2/c25-11-18-7-4-8-19(9-18)14-29-15-21-10-20-13-27-24(28-23(20)22(21)16-29)26-12-17-5-2-1-3-6-17;2*3-2(4,5)1(6)7/h1-9,13,21-22H,10,12,14-16H2,(H,26,27,28);2*(H,6,7). The van der Waals surface area contributed by atoms with Crippen LogP contribution in [0.1, 0.15) is 33.9 Å². The van der Waals surface area contributed by atoms with Crippen LogP contribution in [-0.4, -0.2) is 62.5 Å². The van der Waals surface area contributed by atoms with E-state index in [-0.39, 0.29) is 0 Å². The maximum absolute atomic E-state index is 10.6. The quantitative estimate of drug-likeness (QED) is 0.341. The van der Waals surface area contributed by atoms with Gasteiger partial charge in [-0.3, -0.25) is 4.90 Å². The number of likely N-dealkylation sites (tertiary alicyclic amines) is 1. The molecule has 1 aliphatic carbocycles. The molecule has 0 spiro atoms. The second kappa shape index (κ2) is 14.0. The smallest absolute Gasteiger partial charge is 0.475 e. The summed E-state index contributed by atoms with van der Waals surface area (Å²) in [6.07, 6.45) is -7.09. The SMILES string of the molecule is N#Cc1cccc(CN2CC3Cc4cnc(NCc5ccccc5)nc4C3C2)c1.O=C(O)C(F)(F)F.O=C(O)C(F)(F)F. The van der Waals surface area contributed by atoms with Gasteiger partial charge in [0.25, 0.3) is 0 Å². The highest BCUT2D eigenvalue weighted by Crippen LogP contribution is 2.42. The van der Waals surface area contributed by atoms with Gasteiger partial charge in [0.05, 0.1) is 17.3 Å². The molecule has 9 nitrogen and oxygen atoms in total. The summed E-state index contributed by atoms with van der Waals surface area (Å²) in [6, 6.07) is 20.5. The number of aromatic nitrogens is 2. The Balaban J connectivity index is 0.000000303. The van der Waals surface area contributed by atoms with Gasteiger partial charge in [-0.1, -0.05) is 42.5 Å². The number of aliphatic carboxylic acids is 2. The Morgan fingerprint density at radius 3 is 2.14 bits per heavy atom. The Morgan fingerprint density at radius 1 is 0.953 bits per heavy atom. The van der Waals surface area contributed by atoms with Crippen molar-refractivity contribution in [2.24, 2.45) is 5.92 Å². The fourth-order valence-electron chi connectivity index (χ4n) is 4.65. The monoisotopic (exact) mass is 609 g/mol. The molecule has 2 heterocycles. The highest BCUT2D eigenvalue weighted by Gasteiger charge is 2.41. The largest absolute Gasteiger partial charge is 0.490 e. The van der Waals surface area contributed by atoms with Crippen molar-refractivity contribution < 1.29 is 46.1 Å². The maximum Gasteiger partial charge on any atom is 0.490 e. The first kappa shape index (κ1) is 32.8. The molecule has 0 saturated carbocycles. The van der Waals surface area contributed by atoms with Gasteiger partial charge in [0.2, 0.25) is 5.95 Å². The summed E-state index contributed by atoms with van der Waals surface area (Å²) >= 11 is 0. The molecular weight excluding hydrogens is 584 g/mol. The number of halogens is 6. The number of anilines is 1. The number of nitriles is 1. The topological polar surface area (TPSA) is 139 Å². The molecule has 2 atom stereocenters. The van der Waals surface area contributed by atoms with Crippen molar-refractivity contribution in [1.82, 2.24) is 14.9 Å². The van der Waals surface area contributed by atoms with Gasteiger partial charge < -0.3 is 15.5 Å². The van der Waals surface area contributed by atoms with Crippen LogP contribution >= 0.6 is 0 Å². The fourth-order valence-corrected chi connectivity index (χ4v) is 4.65. The van der Waals surface area contributed by atoms with Crippen LogP contribution in [0.2, 0.25) is 0 Å². The summed E-state index contributed by atoms with van der Waals surface area (Å²) in [5.74, 6) is -3.71. The van der Waals surface area contributed by atoms with Crippen molar-refractivity contribution >= 4 is 17.9 Å². The van der Waals surface area contributed by atoms with Gasteiger partial charge in [0.15, 0.2) is 0 Å². The number of rotatable bonds is 5. The van der Waals surface area contributed by atoms with Gasteiger partial charge >= 0.3 is 24.3 Å². The molecule has 2 unspecified atom stereocenters. The third-order valence-electron chi connectivity index (χ3n) is 6.49. The van der Waals surface area contributed by atoms with E-state index in [9.17, 15) is 26.3 Å². The molecule has 1 aliphatic heterocycles. The van der Waals surface area contributed by atoms with E-state index < -0.39 is 24.3 Å². The van der Waals surface area contributed by atoms with E-state index in [1.807, 2.05) is 42.6 Å². The average Bonchev–Trinajstić information content (AvgIpc) is 3.49. The Kier molecular flexibility index (Phi) is 10.7. The molecule has 43 heavy (non-hydrogen) atoms. The van der Waals surface area contributed by atoms with Crippen molar-refractivity contribution in [1.29, 1.82) is 5.26 Å². The van der Waals surface area contributed by atoms with Crippen LogP contribution in [0.4, 0.5) is 32.3 Å². The molecule has 228 valence electrons. The van der Waals surface area contributed by atoms with E-state index in [1.54, 1.807) is 0 Å². The van der Waals surface area contributed by atoms with Crippen molar-refractivity contribution in [2.45, 2.75) is 37.8 Å². The first-order valence-electron chi connectivity index (χ1n) is 12.6. The van der Waals surface area contributed by atoms with Crippen LogP contribution in [0, 0.1) is 17.2 Å². The molecular formula is C28H25F6N5O4. The number of nitrogens with one attached hydrogen (secondary N) is 1. The number of nitrogens with zero attached hydrogens (tertiary/aromatic N) is 4. The number of fused-ring (bicyclic) bond motifs is 3. The Bertz CT molecular complexity index is 1440. The normalized spacial score (nSPS) is 17.2. The Hall–Kier alpha value is -4.71. The Morgan fingerprint density at radius 2 is 1.56 bits per heavy atom. The summed E-state index contributed by atoms with van der Waals surface area (Å²) in [5.41, 5.74) is 5.68. The Labute approximate surface area is 241 Å². The van der Waals surface area contributed by atoms with Crippen LogP contribution < -0.4 is 5.32 Å². The van der Waals surface area contributed by atoms with Crippen LogP contribution in [0.3, 0.4) is 0 Å². The van der Waals surface area contributed by atoms with Gasteiger partial charge in [-0.15, -0.1) is 0 Å². The van der Waals surface area contributed by atoms with E-state index in [0.29, 0.717) is 17.8 Å². The predicted octanol–water partition coefficient (Wildman–Crippen LogP) is 5.00. The second-order valence-corrected chi connectivity index (χ2v) is 9.63.